The Bertz CT molecular complexity index is 425. The zero-order chi connectivity index (χ0) is 15.3. The Hall–Kier alpha value is -1.55. The molecule has 0 saturated carbocycles. The SMILES string of the molecule is Cc1cccc(N)c1C(=O)NC(CC(C)C)CN(C)C. The number of nitrogens with one attached hydrogen (secondary N) is 1. The number of nitrogens with zero attached hydrogens (tertiary/aromatic N) is 1. The van der Waals surface area contributed by atoms with Crippen LogP contribution in [0.4, 0.5) is 5.69 Å². The van der Waals surface area contributed by atoms with Crippen LogP contribution < -0.4 is 11.1 Å². The summed E-state index contributed by atoms with van der Waals surface area (Å²) >= 11 is 0. The second kappa shape index (κ2) is 7.29. The van der Waals surface area contributed by atoms with Crippen LogP contribution in [0.3, 0.4) is 0 Å². The number of amides is 1. The van der Waals surface area contributed by atoms with Crippen LogP contribution in [0.25, 0.3) is 0 Å². The molecule has 20 heavy (non-hydrogen) atoms. The molecule has 0 spiro atoms. The monoisotopic (exact) mass is 277 g/mol. The van der Waals surface area contributed by atoms with Crippen molar-refractivity contribution in [3.05, 3.63) is 29.3 Å². The summed E-state index contributed by atoms with van der Waals surface area (Å²) < 4.78 is 0. The number of nitrogen functional groups attached to an aromatic ring is 1. The van der Waals surface area contributed by atoms with Crippen molar-refractivity contribution >= 4 is 11.6 Å². The first kappa shape index (κ1) is 16.5. The number of hydrogen-bond donors (Lipinski definition) is 2. The highest BCUT2D eigenvalue weighted by atomic mass is 16.1. The molecule has 0 saturated heterocycles. The molecule has 1 unspecified atom stereocenters. The van der Waals surface area contributed by atoms with Gasteiger partial charge < -0.3 is 16.0 Å². The van der Waals surface area contributed by atoms with Crippen molar-refractivity contribution in [1.82, 2.24) is 10.2 Å². The Balaban J connectivity index is 2.84. The first-order valence-corrected chi connectivity index (χ1v) is 7.12. The van der Waals surface area contributed by atoms with Gasteiger partial charge in [-0.3, -0.25) is 4.79 Å². The van der Waals surface area contributed by atoms with Crippen molar-refractivity contribution in [3.8, 4) is 0 Å². The number of benzene rings is 1. The average Bonchev–Trinajstić information content (AvgIpc) is 2.26. The highest BCUT2D eigenvalue weighted by Crippen LogP contribution is 2.17. The highest BCUT2D eigenvalue weighted by Gasteiger charge is 2.18. The van der Waals surface area contributed by atoms with Crippen LogP contribution in [0.1, 0.15) is 36.2 Å². The smallest absolute Gasteiger partial charge is 0.253 e. The minimum atomic E-state index is -0.0758. The standard InChI is InChI=1S/C16H27N3O/c1-11(2)9-13(10-19(4)5)18-16(20)15-12(3)7-6-8-14(15)17/h6-8,11,13H,9-10,17H2,1-5H3,(H,18,20). The number of rotatable bonds is 6. The summed E-state index contributed by atoms with van der Waals surface area (Å²) in [7, 11) is 4.03. The molecular formula is C16H27N3O. The number of nitrogens with two attached hydrogens (primary N) is 1. The molecule has 0 heterocycles. The van der Waals surface area contributed by atoms with E-state index in [0.717, 1.165) is 18.5 Å². The molecular weight excluding hydrogens is 250 g/mol. The van der Waals surface area contributed by atoms with E-state index in [9.17, 15) is 4.79 Å². The van der Waals surface area contributed by atoms with Crippen molar-refractivity contribution in [1.29, 1.82) is 0 Å². The third kappa shape index (κ3) is 4.85. The number of hydrogen-bond acceptors (Lipinski definition) is 3. The lowest BCUT2D eigenvalue weighted by Crippen LogP contribution is -2.42. The van der Waals surface area contributed by atoms with Gasteiger partial charge in [0.25, 0.3) is 5.91 Å². The fraction of sp³-hybridized carbons (Fsp3) is 0.562. The molecule has 3 N–H and O–H groups in total. The summed E-state index contributed by atoms with van der Waals surface area (Å²) in [6.07, 6.45) is 0.954. The van der Waals surface area contributed by atoms with Gasteiger partial charge in [0.15, 0.2) is 0 Å². The van der Waals surface area contributed by atoms with Gasteiger partial charge in [-0.1, -0.05) is 26.0 Å². The summed E-state index contributed by atoms with van der Waals surface area (Å²) in [6, 6.07) is 5.68. The third-order valence-corrected chi connectivity index (χ3v) is 3.21. The van der Waals surface area contributed by atoms with Crippen molar-refractivity contribution in [2.45, 2.75) is 33.2 Å². The van der Waals surface area contributed by atoms with Crippen LogP contribution >= 0.6 is 0 Å². The van der Waals surface area contributed by atoms with Gasteiger partial charge in [-0.25, -0.2) is 0 Å². The number of carbonyl (C=O) groups excluding carboxylic acids is 1. The predicted octanol–water partition coefficient (Wildman–Crippen LogP) is 2.28. The topological polar surface area (TPSA) is 58.4 Å². The van der Waals surface area contributed by atoms with E-state index in [0.29, 0.717) is 17.2 Å². The van der Waals surface area contributed by atoms with Crippen molar-refractivity contribution in [2.24, 2.45) is 5.92 Å². The van der Waals surface area contributed by atoms with Crippen LogP contribution in [-0.2, 0) is 0 Å². The quantitative estimate of drug-likeness (QED) is 0.784. The summed E-state index contributed by atoms with van der Waals surface area (Å²) in [5.41, 5.74) is 7.98. The first-order chi connectivity index (χ1) is 9.31. The largest absolute Gasteiger partial charge is 0.398 e. The van der Waals surface area contributed by atoms with Gasteiger partial charge in [-0.05, 0) is 45.0 Å². The third-order valence-electron chi connectivity index (χ3n) is 3.21. The second-order valence-electron chi connectivity index (χ2n) is 6.10. The molecule has 0 aliphatic heterocycles. The second-order valence-corrected chi connectivity index (χ2v) is 6.10. The van der Waals surface area contributed by atoms with Crippen molar-refractivity contribution < 1.29 is 4.79 Å². The molecule has 4 heteroatoms. The molecule has 1 aromatic rings. The minimum absolute atomic E-state index is 0.0758. The molecule has 112 valence electrons. The van der Waals surface area contributed by atoms with Crippen LogP contribution in [0.15, 0.2) is 18.2 Å². The predicted molar refractivity (Wildman–Crippen MR) is 84.9 cm³/mol. The number of likely N-dealkylation sites (N-methyl/N-ethyl adjacent to an activating group) is 1. The first-order valence-electron chi connectivity index (χ1n) is 7.12. The molecule has 0 aliphatic rings. The van der Waals surface area contributed by atoms with Gasteiger partial charge in [0, 0.05) is 18.3 Å². The van der Waals surface area contributed by atoms with E-state index in [2.05, 4.69) is 24.1 Å². The van der Waals surface area contributed by atoms with E-state index in [1.807, 2.05) is 33.2 Å². The Labute approximate surface area is 122 Å². The molecule has 0 bridgehead atoms. The molecule has 0 fully saturated rings. The lowest BCUT2D eigenvalue weighted by Gasteiger charge is -2.24. The Kier molecular flexibility index (Phi) is 6.02. The van der Waals surface area contributed by atoms with E-state index in [1.54, 1.807) is 6.07 Å². The Morgan fingerprint density at radius 1 is 1.35 bits per heavy atom. The van der Waals surface area contributed by atoms with Gasteiger partial charge in [0.05, 0.1) is 5.56 Å². The van der Waals surface area contributed by atoms with E-state index < -0.39 is 0 Å². The zero-order valence-electron chi connectivity index (χ0n) is 13.2. The Morgan fingerprint density at radius 2 is 2.00 bits per heavy atom. The fourth-order valence-electron chi connectivity index (χ4n) is 2.45. The Morgan fingerprint density at radius 3 is 2.50 bits per heavy atom. The van der Waals surface area contributed by atoms with E-state index in [1.165, 1.54) is 0 Å². The molecule has 0 aromatic heterocycles. The van der Waals surface area contributed by atoms with Crippen LogP contribution in [-0.4, -0.2) is 37.5 Å². The van der Waals surface area contributed by atoms with E-state index in [4.69, 9.17) is 5.73 Å². The normalized spacial score (nSPS) is 12.8. The summed E-state index contributed by atoms with van der Waals surface area (Å²) in [5, 5.41) is 3.12. The lowest BCUT2D eigenvalue weighted by molar-refractivity contribution is 0.0925. The van der Waals surface area contributed by atoms with Gasteiger partial charge in [0.2, 0.25) is 0 Å². The van der Waals surface area contributed by atoms with Crippen LogP contribution in [0.2, 0.25) is 0 Å². The van der Waals surface area contributed by atoms with Crippen LogP contribution in [0.5, 0.6) is 0 Å². The van der Waals surface area contributed by atoms with Gasteiger partial charge >= 0.3 is 0 Å². The number of carbonyl (C=O) groups is 1. The van der Waals surface area contributed by atoms with Gasteiger partial charge in [-0.2, -0.15) is 0 Å². The van der Waals surface area contributed by atoms with E-state index >= 15 is 0 Å². The summed E-state index contributed by atoms with van der Waals surface area (Å²) in [4.78, 5) is 14.5. The van der Waals surface area contributed by atoms with Crippen molar-refractivity contribution in [3.63, 3.8) is 0 Å². The number of aryl methyl sites for hydroxylation is 1. The average molecular weight is 277 g/mol. The van der Waals surface area contributed by atoms with Crippen molar-refractivity contribution in [2.75, 3.05) is 26.4 Å². The fourth-order valence-corrected chi connectivity index (χ4v) is 2.45. The molecule has 4 nitrogen and oxygen atoms in total. The maximum Gasteiger partial charge on any atom is 0.253 e. The maximum atomic E-state index is 12.5. The van der Waals surface area contributed by atoms with Crippen LogP contribution in [0, 0.1) is 12.8 Å². The maximum absolute atomic E-state index is 12.5. The summed E-state index contributed by atoms with van der Waals surface area (Å²) in [5.74, 6) is 0.461. The molecule has 1 atom stereocenters. The molecule has 1 rings (SSSR count). The zero-order valence-corrected chi connectivity index (χ0v) is 13.2. The minimum Gasteiger partial charge on any atom is -0.398 e. The molecule has 0 aliphatic carbocycles. The number of anilines is 1. The van der Waals surface area contributed by atoms with Gasteiger partial charge in [-0.15, -0.1) is 0 Å². The molecule has 1 aromatic carbocycles. The van der Waals surface area contributed by atoms with E-state index in [-0.39, 0.29) is 11.9 Å². The van der Waals surface area contributed by atoms with Gasteiger partial charge in [0.1, 0.15) is 0 Å². The highest BCUT2D eigenvalue weighted by molar-refractivity contribution is 6.00. The lowest BCUT2D eigenvalue weighted by atomic mass is 10.0. The molecule has 0 radical (unpaired) electrons. The molecule has 1 amide bonds. The summed E-state index contributed by atoms with van der Waals surface area (Å²) in [6.45, 7) is 7.07.